The van der Waals surface area contributed by atoms with E-state index in [4.69, 9.17) is 0 Å². The first-order chi connectivity index (χ1) is 12.9. The molecule has 3 rings (SSSR count). The summed E-state index contributed by atoms with van der Waals surface area (Å²) in [5.74, 6) is 0.840. The summed E-state index contributed by atoms with van der Waals surface area (Å²) in [6.45, 7) is 5.61. The second-order valence-electron chi connectivity index (χ2n) is 7.27. The van der Waals surface area contributed by atoms with Crippen molar-refractivity contribution in [3.05, 3.63) is 42.6 Å². The van der Waals surface area contributed by atoms with Crippen LogP contribution in [-0.2, 0) is 21.4 Å². The third-order valence-electron chi connectivity index (χ3n) is 4.71. The van der Waals surface area contributed by atoms with E-state index in [9.17, 15) is 13.2 Å². The van der Waals surface area contributed by atoms with Crippen LogP contribution in [0.3, 0.4) is 0 Å². The van der Waals surface area contributed by atoms with E-state index in [1.165, 1.54) is 4.31 Å². The van der Waals surface area contributed by atoms with Crippen LogP contribution in [0.5, 0.6) is 0 Å². The molecule has 2 heterocycles. The molecule has 0 spiro atoms. The Kier molecular flexibility index (Phi) is 5.96. The van der Waals surface area contributed by atoms with Crippen LogP contribution in [0.1, 0.15) is 26.7 Å². The van der Waals surface area contributed by atoms with Crippen LogP contribution < -0.4 is 5.32 Å². The normalized spacial score (nSPS) is 16.6. The molecule has 2 aromatic rings. The number of rotatable bonds is 6. The number of aromatic nitrogens is 2. The van der Waals surface area contributed by atoms with Crippen molar-refractivity contribution in [2.75, 3.05) is 18.4 Å². The van der Waals surface area contributed by atoms with Gasteiger partial charge in [-0.1, -0.05) is 32.0 Å². The lowest BCUT2D eigenvalue weighted by Gasteiger charge is -2.30. The van der Waals surface area contributed by atoms with Gasteiger partial charge in [-0.25, -0.2) is 13.1 Å². The van der Waals surface area contributed by atoms with Gasteiger partial charge in [-0.2, -0.15) is 9.40 Å². The average Bonchev–Trinajstić information content (AvgIpc) is 3.08. The number of anilines is 1. The molecule has 0 atom stereocenters. The lowest BCUT2D eigenvalue weighted by molar-refractivity contribution is -0.121. The van der Waals surface area contributed by atoms with Gasteiger partial charge >= 0.3 is 0 Å². The first-order valence-electron chi connectivity index (χ1n) is 9.26. The van der Waals surface area contributed by atoms with Crippen molar-refractivity contribution in [2.45, 2.75) is 38.1 Å². The fourth-order valence-corrected chi connectivity index (χ4v) is 4.75. The van der Waals surface area contributed by atoms with E-state index < -0.39 is 10.0 Å². The van der Waals surface area contributed by atoms with Crippen LogP contribution >= 0.6 is 0 Å². The van der Waals surface area contributed by atoms with Crippen LogP contribution in [0.15, 0.2) is 47.5 Å². The quantitative estimate of drug-likeness (QED) is 0.822. The largest absolute Gasteiger partial charge is 0.311 e. The molecular formula is C19H26N4O3S. The van der Waals surface area contributed by atoms with Gasteiger partial charge in [0.05, 0.1) is 11.1 Å². The summed E-state index contributed by atoms with van der Waals surface area (Å²) in [7, 11) is -3.49. The summed E-state index contributed by atoms with van der Waals surface area (Å²) < 4.78 is 28.6. The van der Waals surface area contributed by atoms with Gasteiger partial charge < -0.3 is 5.32 Å². The molecule has 1 amide bonds. The van der Waals surface area contributed by atoms with Gasteiger partial charge in [-0.05, 0) is 30.9 Å². The number of nitrogens with one attached hydrogen (secondary N) is 1. The number of benzene rings is 1. The molecular weight excluding hydrogens is 364 g/mol. The molecule has 1 N–H and O–H groups in total. The van der Waals surface area contributed by atoms with Crippen LogP contribution in [0, 0.1) is 11.8 Å². The van der Waals surface area contributed by atoms with Crippen molar-refractivity contribution in [1.82, 2.24) is 14.1 Å². The van der Waals surface area contributed by atoms with E-state index in [1.54, 1.807) is 47.3 Å². The Morgan fingerprint density at radius 2 is 1.85 bits per heavy atom. The van der Waals surface area contributed by atoms with E-state index in [-0.39, 0.29) is 11.8 Å². The molecule has 27 heavy (non-hydrogen) atoms. The minimum Gasteiger partial charge on any atom is -0.311 e. The number of amides is 1. The molecule has 1 aromatic heterocycles. The Hall–Kier alpha value is -2.19. The summed E-state index contributed by atoms with van der Waals surface area (Å²) in [6.07, 6.45) is 2.69. The van der Waals surface area contributed by atoms with E-state index in [0.717, 1.165) is 6.54 Å². The zero-order chi connectivity index (χ0) is 19.4. The molecule has 7 nitrogen and oxygen atoms in total. The number of hydrogen-bond acceptors (Lipinski definition) is 4. The first kappa shape index (κ1) is 19.6. The molecule has 1 aliphatic heterocycles. The van der Waals surface area contributed by atoms with Crippen molar-refractivity contribution in [3.63, 3.8) is 0 Å². The predicted molar refractivity (Wildman–Crippen MR) is 104 cm³/mol. The Bertz CT molecular complexity index is 869. The highest BCUT2D eigenvalue weighted by Gasteiger charge is 2.32. The Balaban J connectivity index is 1.59. The molecule has 1 aliphatic rings. The molecule has 1 fully saturated rings. The molecule has 146 valence electrons. The lowest BCUT2D eigenvalue weighted by atomic mass is 9.97. The van der Waals surface area contributed by atoms with Gasteiger partial charge in [-0.15, -0.1) is 0 Å². The Morgan fingerprint density at radius 1 is 1.19 bits per heavy atom. The average molecular weight is 391 g/mol. The number of carbonyl (C=O) groups excluding carboxylic acids is 1. The minimum absolute atomic E-state index is 0.0720. The molecule has 8 heteroatoms. The molecule has 1 aromatic carbocycles. The molecule has 1 saturated heterocycles. The molecule has 0 unspecified atom stereocenters. The summed E-state index contributed by atoms with van der Waals surface area (Å²) in [6, 6.07) is 10.2. The van der Waals surface area contributed by atoms with E-state index in [1.807, 2.05) is 0 Å². The van der Waals surface area contributed by atoms with Crippen LogP contribution in [0.25, 0.3) is 0 Å². The van der Waals surface area contributed by atoms with Crippen molar-refractivity contribution < 1.29 is 13.2 Å². The predicted octanol–water partition coefficient (Wildman–Crippen LogP) is 2.58. The summed E-state index contributed by atoms with van der Waals surface area (Å²) >= 11 is 0. The number of hydrogen-bond donors (Lipinski definition) is 1. The van der Waals surface area contributed by atoms with Crippen molar-refractivity contribution in [1.29, 1.82) is 0 Å². The van der Waals surface area contributed by atoms with Crippen molar-refractivity contribution >= 4 is 21.7 Å². The molecule has 0 radical (unpaired) electrons. The van der Waals surface area contributed by atoms with Gasteiger partial charge in [-0.3, -0.25) is 4.79 Å². The minimum atomic E-state index is -3.49. The highest BCUT2D eigenvalue weighted by Crippen LogP contribution is 2.25. The van der Waals surface area contributed by atoms with Gasteiger partial charge in [0.15, 0.2) is 0 Å². The lowest BCUT2D eigenvalue weighted by Crippen LogP contribution is -2.41. The maximum absolute atomic E-state index is 12.7. The van der Waals surface area contributed by atoms with E-state index >= 15 is 0 Å². The third kappa shape index (κ3) is 4.56. The monoisotopic (exact) mass is 390 g/mol. The fraction of sp³-hybridized carbons (Fsp3) is 0.474. The molecule has 0 bridgehead atoms. The maximum atomic E-state index is 12.7. The number of nitrogens with zero attached hydrogens (tertiary/aromatic N) is 3. The zero-order valence-corrected chi connectivity index (χ0v) is 16.5. The number of carbonyl (C=O) groups is 1. The van der Waals surface area contributed by atoms with Gasteiger partial charge in [0, 0.05) is 31.6 Å². The van der Waals surface area contributed by atoms with Crippen LogP contribution in [-0.4, -0.2) is 41.5 Å². The second-order valence-corrected chi connectivity index (χ2v) is 9.21. The Morgan fingerprint density at radius 3 is 2.48 bits per heavy atom. The number of piperidine rings is 1. The highest BCUT2D eigenvalue weighted by atomic mass is 32.2. The SMILES string of the molecule is CC(C)Cn1nccc1NC(=O)C1CCN(S(=O)(=O)c2ccccc2)CC1. The summed E-state index contributed by atoms with van der Waals surface area (Å²) in [5, 5.41) is 7.19. The van der Waals surface area contributed by atoms with E-state index in [2.05, 4.69) is 24.3 Å². The van der Waals surface area contributed by atoms with Gasteiger partial charge in [0.2, 0.25) is 15.9 Å². The summed E-state index contributed by atoms with van der Waals surface area (Å²) in [4.78, 5) is 12.9. The highest BCUT2D eigenvalue weighted by molar-refractivity contribution is 7.89. The summed E-state index contributed by atoms with van der Waals surface area (Å²) in [5.41, 5.74) is 0. The first-order valence-corrected chi connectivity index (χ1v) is 10.7. The Labute approximate surface area is 160 Å². The topological polar surface area (TPSA) is 84.3 Å². The third-order valence-corrected chi connectivity index (χ3v) is 6.62. The number of sulfonamides is 1. The van der Waals surface area contributed by atoms with E-state index in [0.29, 0.717) is 42.6 Å². The van der Waals surface area contributed by atoms with Gasteiger partial charge in [0.1, 0.15) is 5.82 Å². The van der Waals surface area contributed by atoms with Crippen LogP contribution in [0.2, 0.25) is 0 Å². The van der Waals surface area contributed by atoms with Gasteiger partial charge in [0.25, 0.3) is 0 Å². The fourth-order valence-electron chi connectivity index (χ4n) is 3.26. The maximum Gasteiger partial charge on any atom is 0.243 e. The van der Waals surface area contributed by atoms with Crippen molar-refractivity contribution in [3.8, 4) is 0 Å². The second kappa shape index (κ2) is 8.22. The van der Waals surface area contributed by atoms with Crippen LogP contribution in [0.4, 0.5) is 5.82 Å². The molecule has 0 aliphatic carbocycles. The molecule has 0 saturated carbocycles. The zero-order valence-electron chi connectivity index (χ0n) is 15.7. The standard InChI is InChI=1S/C19H26N4O3S/c1-15(2)14-23-18(8-11-20-23)21-19(24)16-9-12-22(13-10-16)27(25,26)17-6-4-3-5-7-17/h3-8,11,15-16H,9-10,12-14H2,1-2H3,(H,21,24). The smallest absolute Gasteiger partial charge is 0.243 e. The van der Waals surface area contributed by atoms with Crippen molar-refractivity contribution in [2.24, 2.45) is 11.8 Å².